The minimum Gasteiger partial charge on any atom is -0.481 e. The van der Waals surface area contributed by atoms with Crippen LogP contribution in [0.3, 0.4) is 0 Å². The molecule has 0 radical (unpaired) electrons. The number of ketones is 2. The van der Waals surface area contributed by atoms with Crippen LogP contribution in [0, 0.1) is 5.41 Å². The molecule has 138 valence electrons. The van der Waals surface area contributed by atoms with Crippen LogP contribution in [0.15, 0.2) is 23.9 Å². The van der Waals surface area contributed by atoms with Gasteiger partial charge in [-0.1, -0.05) is 6.08 Å². The second kappa shape index (κ2) is 8.54. The van der Waals surface area contributed by atoms with Gasteiger partial charge in [0.2, 0.25) is 0 Å². The monoisotopic (exact) mass is 353 g/mol. The Morgan fingerprint density at radius 1 is 1.00 bits per heavy atom. The van der Waals surface area contributed by atoms with Gasteiger partial charge in [-0.15, -0.1) is 0 Å². The molecule has 2 atom stereocenters. The molecule has 0 aromatic carbocycles. The summed E-state index contributed by atoms with van der Waals surface area (Å²) in [6.07, 6.45) is 3.43. The van der Waals surface area contributed by atoms with Gasteiger partial charge in [0.1, 0.15) is 5.41 Å². The molecule has 0 saturated heterocycles. The van der Waals surface area contributed by atoms with Gasteiger partial charge in [-0.05, 0) is 31.4 Å². The molecule has 1 aliphatic carbocycles. The van der Waals surface area contributed by atoms with Gasteiger partial charge in [0.05, 0.1) is 12.1 Å². The van der Waals surface area contributed by atoms with Crippen molar-refractivity contribution in [1.29, 1.82) is 0 Å². The molecule has 8 N–H and O–H groups in total. The van der Waals surface area contributed by atoms with Crippen molar-refractivity contribution >= 4 is 23.5 Å². The second-order valence-corrected chi connectivity index (χ2v) is 6.03. The molecule has 1 aliphatic rings. The average molecular weight is 353 g/mol. The molecule has 0 heterocycles. The molecule has 25 heavy (non-hydrogen) atoms. The number of allylic oxidation sites excluding steroid dienone is 3. The molecule has 0 amide bonds. The molecule has 0 fully saturated rings. The average Bonchev–Trinajstić information content (AvgIpc) is 2.55. The van der Waals surface area contributed by atoms with Gasteiger partial charge in [-0.25, -0.2) is 0 Å². The molecule has 0 aliphatic heterocycles. The first kappa shape index (κ1) is 20.5. The number of carboxylic acids is 2. The van der Waals surface area contributed by atoms with E-state index < -0.39 is 41.0 Å². The van der Waals surface area contributed by atoms with E-state index in [0.717, 1.165) is 0 Å². The smallest absolute Gasteiger partial charge is 0.303 e. The zero-order chi connectivity index (χ0) is 19.2. The molecule has 1 rings (SSSR count). The SMILES string of the molecule is NC1=CC(C(=O)[C@@H](N)CCC(=O)O)(C(=O)[C@@H](N)CCC(=O)O)CC=C1. The number of rotatable bonds is 10. The lowest BCUT2D eigenvalue weighted by Gasteiger charge is -2.33. The highest BCUT2D eigenvalue weighted by Crippen LogP contribution is 2.34. The van der Waals surface area contributed by atoms with Crippen molar-refractivity contribution in [3.8, 4) is 0 Å². The molecular weight excluding hydrogens is 330 g/mol. The minimum atomic E-state index is -1.70. The maximum absolute atomic E-state index is 12.8. The standard InChI is InChI=1S/C16H23N3O6/c17-9-2-1-7-16(8-9,14(24)10(18)3-5-12(20)21)15(25)11(19)4-6-13(22)23/h1-2,8,10-11H,3-7,17-19H2,(H,20,21)(H,22,23)/t10-,11-/m0/s1. The van der Waals surface area contributed by atoms with Crippen molar-refractivity contribution in [1.82, 2.24) is 0 Å². The Hall–Kier alpha value is -2.52. The van der Waals surface area contributed by atoms with E-state index in [1.165, 1.54) is 12.2 Å². The van der Waals surface area contributed by atoms with Gasteiger partial charge in [0.25, 0.3) is 0 Å². The summed E-state index contributed by atoms with van der Waals surface area (Å²) in [5, 5.41) is 17.5. The normalized spacial score (nSPS) is 18.1. The summed E-state index contributed by atoms with van der Waals surface area (Å²) in [6, 6.07) is -2.36. The van der Waals surface area contributed by atoms with Crippen LogP contribution in [0.4, 0.5) is 0 Å². The first-order valence-electron chi connectivity index (χ1n) is 7.78. The summed E-state index contributed by atoms with van der Waals surface area (Å²) in [6.45, 7) is 0. The molecule has 0 spiro atoms. The summed E-state index contributed by atoms with van der Waals surface area (Å²) >= 11 is 0. The quantitative estimate of drug-likeness (QED) is 0.316. The third-order valence-corrected chi connectivity index (χ3v) is 4.05. The summed E-state index contributed by atoms with van der Waals surface area (Å²) < 4.78 is 0. The van der Waals surface area contributed by atoms with Crippen LogP contribution in [-0.4, -0.2) is 45.8 Å². The van der Waals surface area contributed by atoms with Crippen molar-refractivity contribution in [2.24, 2.45) is 22.6 Å². The van der Waals surface area contributed by atoms with E-state index in [1.807, 2.05) is 0 Å². The van der Waals surface area contributed by atoms with Gasteiger partial charge in [-0.2, -0.15) is 0 Å². The number of hydrogen-bond donors (Lipinski definition) is 5. The fourth-order valence-electron chi connectivity index (χ4n) is 2.72. The number of carbonyl (C=O) groups is 4. The highest BCUT2D eigenvalue weighted by atomic mass is 16.4. The van der Waals surface area contributed by atoms with E-state index >= 15 is 0 Å². The Kier molecular flexibility index (Phi) is 7.01. The van der Waals surface area contributed by atoms with Crippen molar-refractivity contribution in [2.75, 3.05) is 0 Å². The fourth-order valence-corrected chi connectivity index (χ4v) is 2.72. The van der Waals surface area contributed by atoms with Crippen LogP contribution in [-0.2, 0) is 19.2 Å². The van der Waals surface area contributed by atoms with E-state index in [1.54, 1.807) is 6.08 Å². The number of carboxylic acid groups (broad SMARTS) is 2. The number of aliphatic carboxylic acids is 2. The van der Waals surface area contributed by atoms with E-state index in [9.17, 15) is 19.2 Å². The van der Waals surface area contributed by atoms with Crippen LogP contribution in [0.2, 0.25) is 0 Å². The Morgan fingerprint density at radius 3 is 1.80 bits per heavy atom. The van der Waals surface area contributed by atoms with Crippen molar-refractivity contribution in [3.63, 3.8) is 0 Å². The van der Waals surface area contributed by atoms with Gasteiger partial charge in [0, 0.05) is 18.5 Å². The first-order chi connectivity index (χ1) is 11.6. The van der Waals surface area contributed by atoms with E-state index in [-0.39, 0.29) is 37.8 Å². The fraction of sp³-hybridized carbons (Fsp3) is 0.500. The van der Waals surface area contributed by atoms with Gasteiger partial charge in [-0.3, -0.25) is 19.2 Å². The molecule has 0 saturated carbocycles. The zero-order valence-electron chi connectivity index (χ0n) is 13.7. The van der Waals surface area contributed by atoms with Crippen LogP contribution in [0.25, 0.3) is 0 Å². The number of nitrogens with two attached hydrogens (primary N) is 3. The predicted octanol–water partition coefficient (Wildman–Crippen LogP) is -0.702. The van der Waals surface area contributed by atoms with Gasteiger partial charge < -0.3 is 27.4 Å². The Labute approximate surface area is 144 Å². The predicted molar refractivity (Wildman–Crippen MR) is 88.2 cm³/mol. The molecule has 9 heteroatoms. The lowest BCUT2D eigenvalue weighted by Crippen LogP contribution is -2.53. The highest BCUT2D eigenvalue weighted by Gasteiger charge is 2.47. The Balaban J connectivity index is 3.08. The summed E-state index contributed by atoms with van der Waals surface area (Å²) in [5.41, 5.74) is 15.8. The maximum atomic E-state index is 12.8. The number of Topliss-reactive ketones (excluding diaryl/α,β-unsaturated/α-hetero) is 2. The molecule has 0 aromatic rings. The molecule has 0 bridgehead atoms. The van der Waals surface area contributed by atoms with Crippen LogP contribution in [0.5, 0.6) is 0 Å². The van der Waals surface area contributed by atoms with Gasteiger partial charge >= 0.3 is 11.9 Å². The minimum absolute atomic E-state index is 0.00703. The largest absolute Gasteiger partial charge is 0.481 e. The molecule has 0 aromatic heterocycles. The van der Waals surface area contributed by atoms with Crippen molar-refractivity contribution in [3.05, 3.63) is 23.9 Å². The van der Waals surface area contributed by atoms with Crippen LogP contribution < -0.4 is 17.2 Å². The van der Waals surface area contributed by atoms with Gasteiger partial charge in [0.15, 0.2) is 11.6 Å². The van der Waals surface area contributed by atoms with Crippen LogP contribution >= 0.6 is 0 Å². The van der Waals surface area contributed by atoms with E-state index in [0.29, 0.717) is 0 Å². The van der Waals surface area contributed by atoms with Crippen molar-refractivity contribution < 1.29 is 29.4 Å². The lowest BCUT2D eigenvalue weighted by molar-refractivity contribution is -0.139. The molecular formula is C16H23N3O6. The first-order valence-corrected chi connectivity index (χ1v) is 7.78. The lowest BCUT2D eigenvalue weighted by atomic mass is 9.69. The van der Waals surface area contributed by atoms with Crippen molar-refractivity contribution in [2.45, 2.75) is 44.2 Å². The second-order valence-electron chi connectivity index (χ2n) is 6.03. The maximum Gasteiger partial charge on any atom is 0.303 e. The number of hydrogen-bond acceptors (Lipinski definition) is 7. The van der Waals surface area contributed by atoms with E-state index in [4.69, 9.17) is 27.4 Å². The van der Waals surface area contributed by atoms with E-state index in [2.05, 4.69) is 0 Å². The molecule has 0 unspecified atom stereocenters. The Bertz CT molecular complexity index is 589. The van der Waals surface area contributed by atoms with Crippen LogP contribution in [0.1, 0.15) is 32.1 Å². The number of carbonyl (C=O) groups excluding carboxylic acids is 2. The summed E-state index contributed by atoms with van der Waals surface area (Å²) in [4.78, 5) is 47.0. The summed E-state index contributed by atoms with van der Waals surface area (Å²) in [5.74, 6) is -3.56. The zero-order valence-corrected chi connectivity index (χ0v) is 13.7. The third kappa shape index (κ3) is 5.23. The topological polar surface area (TPSA) is 187 Å². The Morgan fingerprint density at radius 2 is 1.44 bits per heavy atom. The highest BCUT2D eigenvalue weighted by molar-refractivity contribution is 6.13. The molecule has 9 nitrogen and oxygen atoms in total. The third-order valence-electron chi connectivity index (χ3n) is 4.05. The summed E-state index contributed by atoms with van der Waals surface area (Å²) in [7, 11) is 0.